The number of benzene rings is 2. The first-order chi connectivity index (χ1) is 17.2. The van der Waals surface area contributed by atoms with Gasteiger partial charge in [0.15, 0.2) is 0 Å². The summed E-state index contributed by atoms with van der Waals surface area (Å²) in [6, 6.07) is 17.2. The summed E-state index contributed by atoms with van der Waals surface area (Å²) >= 11 is 0. The summed E-state index contributed by atoms with van der Waals surface area (Å²) in [6.45, 7) is 11.0. The van der Waals surface area contributed by atoms with Crippen molar-refractivity contribution < 1.29 is 4.74 Å². The molecule has 0 bridgehead atoms. The molecule has 2 atom stereocenters. The van der Waals surface area contributed by atoms with Crippen molar-refractivity contribution in [2.75, 3.05) is 55.6 Å². The van der Waals surface area contributed by atoms with E-state index in [-0.39, 0.29) is 12.2 Å². The van der Waals surface area contributed by atoms with Gasteiger partial charge < -0.3 is 19.9 Å². The smallest absolute Gasteiger partial charge is 0.101 e. The van der Waals surface area contributed by atoms with Crippen LogP contribution in [0.2, 0.25) is 0 Å². The summed E-state index contributed by atoms with van der Waals surface area (Å²) in [4.78, 5) is 12.0. The Morgan fingerprint density at radius 2 is 1.89 bits per heavy atom. The molecular formula is C28H32N6O. The van der Waals surface area contributed by atoms with Crippen LogP contribution >= 0.6 is 0 Å². The van der Waals surface area contributed by atoms with Gasteiger partial charge in [0.2, 0.25) is 0 Å². The lowest BCUT2D eigenvalue weighted by molar-refractivity contribution is -0.0327. The van der Waals surface area contributed by atoms with Gasteiger partial charge in [-0.25, -0.2) is 0 Å². The van der Waals surface area contributed by atoms with Crippen LogP contribution in [0.4, 0.5) is 11.4 Å². The van der Waals surface area contributed by atoms with E-state index in [0.717, 1.165) is 75.5 Å². The van der Waals surface area contributed by atoms with Gasteiger partial charge in [-0.15, -0.1) is 0 Å². The van der Waals surface area contributed by atoms with E-state index in [9.17, 15) is 5.26 Å². The Morgan fingerprint density at radius 1 is 1.03 bits per heavy atom. The van der Waals surface area contributed by atoms with E-state index >= 15 is 0 Å². The van der Waals surface area contributed by atoms with Crippen LogP contribution in [0.1, 0.15) is 23.6 Å². The topological polar surface area (TPSA) is 67.7 Å². The van der Waals surface area contributed by atoms with Crippen molar-refractivity contribution >= 4 is 22.3 Å². The molecule has 2 fully saturated rings. The summed E-state index contributed by atoms with van der Waals surface area (Å²) in [7, 11) is 0. The molecule has 0 radical (unpaired) electrons. The predicted molar refractivity (Wildman–Crippen MR) is 139 cm³/mol. The highest BCUT2D eigenvalue weighted by Crippen LogP contribution is 2.30. The molecule has 1 aromatic heterocycles. The Morgan fingerprint density at radius 3 is 2.74 bits per heavy atom. The summed E-state index contributed by atoms with van der Waals surface area (Å²) in [5.41, 5.74) is 6.78. The molecule has 180 valence electrons. The monoisotopic (exact) mass is 468 g/mol. The van der Waals surface area contributed by atoms with E-state index in [1.807, 2.05) is 12.1 Å². The van der Waals surface area contributed by atoms with Gasteiger partial charge in [-0.3, -0.25) is 9.88 Å². The van der Waals surface area contributed by atoms with Crippen LogP contribution in [0.15, 0.2) is 48.7 Å². The molecule has 2 aromatic carbocycles. The third-order valence-corrected chi connectivity index (χ3v) is 7.55. The number of rotatable bonds is 4. The van der Waals surface area contributed by atoms with E-state index in [0.29, 0.717) is 5.56 Å². The van der Waals surface area contributed by atoms with Crippen molar-refractivity contribution in [1.82, 2.24) is 15.2 Å². The molecule has 6 rings (SSSR count). The molecule has 7 heteroatoms. The second kappa shape index (κ2) is 9.46. The fraction of sp³-hybridized carbons (Fsp3) is 0.429. The van der Waals surface area contributed by atoms with Crippen molar-refractivity contribution in [3.05, 3.63) is 65.4 Å². The van der Waals surface area contributed by atoms with Crippen LogP contribution < -0.4 is 15.1 Å². The number of pyridine rings is 1. The number of fused-ring (bicyclic) bond motifs is 2. The number of hydrogen-bond donors (Lipinski definition) is 1. The zero-order chi connectivity index (χ0) is 23.8. The lowest BCUT2D eigenvalue weighted by Crippen LogP contribution is -2.54. The molecule has 3 aliphatic heterocycles. The third-order valence-electron chi connectivity index (χ3n) is 7.55. The van der Waals surface area contributed by atoms with Crippen LogP contribution in [-0.4, -0.2) is 67.9 Å². The highest BCUT2D eigenvalue weighted by molar-refractivity contribution is 5.95. The first-order valence-electron chi connectivity index (χ1n) is 12.7. The number of aromatic nitrogens is 1. The molecule has 0 saturated carbocycles. The number of nitrogens with zero attached hydrogens (tertiary/aromatic N) is 5. The molecule has 1 N–H and O–H groups in total. The Hall–Kier alpha value is -3.18. The lowest BCUT2D eigenvalue weighted by atomic mass is 10.1. The summed E-state index contributed by atoms with van der Waals surface area (Å²) in [5, 5.41) is 14.0. The zero-order valence-corrected chi connectivity index (χ0v) is 20.3. The first-order valence-corrected chi connectivity index (χ1v) is 12.7. The van der Waals surface area contributed by atoms with Gasteiger partial charge in [0, 0.05) is 81.9 Å². The minimum absolute atomic E-state index is 0.150. The van der Waals surface area contributed by atoms with Crippen molar-refractivity contribution in [3.63, 3.8) is 0 Å². The summed E-state index contributed by atoms with van der Waals surface area (Å²) in [5.74, 6) is 0. The van der Waals surface area contributed by atoms with E-state index in [1.54, 1.807) is 6.20 Å². The second-order valence-electron chi connectivity index (χ2n) is 9.96. The van der Waals surface area contributed by atoms with E-state index < -0.39 is 0 Å². The van der Waals surface area contributed by atoms with Crippen LogP contribution in [-0.2, 0) is 17.8 Å². The minimum atomic E-state index is 0.150. The number of nitrogens with one attached hydrogen (secondary N) is 1. The van der Waals surface area contributed by atoms with Crippen LogP contribution in [0.25, 0.3) is 10.9 Å². The molecule has 0 spiro atoms. The average Bonchev–Trinajstić information content (AvgIpc) is 3.36. The molecule has 3 aliphatic rings. The summed E-state index contributed by atoms with van der Waals surface area (Å²) in [6.07, 6.45) is 2.06. The number of piperazine rings is 1. The maximum Gasteiger partial charge on any atom is 0.101 e. The van der Waals surface area contributed by atoms with E-state index in [2.05, 4.69) is 68.3 Å². The molecule has 0 unspecified atom stereocenters. The van der Waals surface area contributed by atoms with Gasteiger partial charge in [0.05, 0.1) is 23.3 Å². The number of ether oxygens (including phenoxy) is 1. The van der Waals surface area contributed by atoms with E-state index in [1.165, 1.54) is 16.8 Å². The van der Waals surface area contributed by atoms with Crippen LogP contribution in [0, 0.1) is 11.3 Å². The summed E-state index contributed by atoms with van der Waals surface area (Å²) < 4.78 is 6.39. The van der Waals surface area contributed by atoms with E-state index in [4.69, 9.17) is 4.74 Å². The van der Waals surface area contributed by atoms with Gasteiger partial charge in [0.25, 0.3) is 0 Å². The van der Waals surface area contributed by atoms with Gasteiger partial charge in [0.1, 0.15) is 6.07 Å². The third kappa shape index (κ3) is 4.45. The fourth-order valence-electron chi connectivity index (χ4n) is 5.82. The van der Waals surface area contributed by atoms with Gasteiger partial charge in [-0.1, -0.05) is 6.07 Å². The first kappa shape index (κ1) is 22.3. The predicted octanol–water partition coefficient (Wildman–Crippen LogP) is 3.13. The molecule has 35 heavy (non-hydrogen) atoms. The molecule has 2 saturated heterocycles. The van der Waals surface area contributed by atoms with Gasteiger partial charge in [-0.05, 0) is 54.4 Å². The SMILES string of the molecule is C[C@@H]1CN(c2ccc(C#N)c3ncccc23)C[C@@H](CN2CCN(c3ccc4c(c3)CNC4)CC2)O1. The normalized spacial score (nSPS) is 22.9. The highest BCUT2D eigenvalue weighted by atomic mass is 16.5. The molecule has 3 aromatic rings. The average molecular weight is 469 g/mol. The standard InChI is InChI=1S/C28H32N6O/c1-20-17-34(27-7-5-21(14-29)28-26(27)3-2-8-31-28)19-25(35-20)18-32-9-11-33(12-10-32)24-6-4-22-15-30-16-23(22)13-24/h2-8,13,20,25,30H,9-12,15-19H2,1H3/t20-,25-/m1/s1. The molecule has 4 heterocycles. The maximum absolute atomic E-state index is 9.50. The van der Waals surface area contributed by atoms with Gasteiger partial charge >= 0.3 is 0 Å². The van der Waals surface area contributed by atoms with Crippen LogP contribution in [0.3, 0.4) is 0 Å². The largest absolute Gasteiger partial charge is 0.370 e. The second-order valence-corrected chi connectivity index (χ2v) is 9.96. The van der Waals surface area contributed by atoms with Gasteiger partial charge in [-0.2, -0.15) is 5.26 Å². The number of anilines is 2. The molecule has 7 nitrogen and oxygen atoms in total. The van der Waals surface area contributed by atoms with Crippen molar-refractivity contribution in [2.24, 2.45) is 0 Å². The van der Waals surface area contributed by atoms with Crippen molar-refractivity contribution in [1.29, 1.82) is 5.26 Å². The highest BCUT2D eigenvalue weighted by Gasteiger charge is 2.29. The molecule has 0 aliphatic carbocycles. The maximum atomic E-state index is 9.50. The zero-order valence-electron chi connectivity index (χ0n) is 20.3. The number of hydrogen-bond acceptors (Lipinski definition) is 7. The Labute approximate surface area is 206 Å². The molecular weight excluding hydrogens is 436 g/mol. The fourth-order valence-corrected chi connectivity index (χ4v) is 5.82. The Kier molecular flexibility index (Phi) is 6.03. The van der Waals surface area contributed by atoms with Crippen molar-refractivity contribution in [3.8, 4) is 6.07 Å². The number of nitriles is 1. The Balaban J connectivity index is 1.12. The minimum Gasteiger partial charge on any atom is -0.370 e. The Bertz CT molecular complexity index is 1260. The van der Waals surface area contributed by atoms with Crippen LogP contribution in [0.5, 0.6) is 0 Å². The quantitative estimate of drug-likeness (QED) is 0.631. The van der Waals surface area contributed by atoms with Crippen molar-refractivity contribution in [2.45, 2.75) is 32.2 Å². The number of morpholine rings is 1. The molecule has 0 amide bonds. The lowest BCUT2D eigenvalue weighted by Gasteiger charge is -2.42.